The first-order chi connectivity index (χ1) is 11.0. The monoisotopic (exact) mass is 320 g/mol. The molecule has 0 aliphatic heterocycles. The standard InChI is InChI=1S/C15H20N4O4/c1-16-12-8-7-11(9-13(12)19(22)23)15(21)18-17-14(20)10-5-3-2-4-6-10/h7-10,16H,2-6H2,1H3,(H,17,20)(H,18,21). The van der Waals surface area contributed by atoms with Gasteiger partial charge in [0.05, 0.1) is 4.92 Å². The van der Waals surface area contributed by atoms with Gasteiger partial charge in [0, 0.05) is 24.6 Å². The molecule has 2 amide bonds. The zero-order valence-electron chi connectivity index (χ0n) is 12.9. The molecule has 3 N–H and O–H groups in total. The fourth-order valence-corrected chi connectivity index (χ4v) is 2.69. The lowest BCUT2D eigenvalue weighted by Crippen LogP contribution is -2.44. The van der Waals surface area contributed by atoms with Gasteiger partial charge in [-0.25, -0.2) is 0 Å². The van der Waals surface area contributed by atoms with Crippen LogP contribution in [0.25, 0.3) is 0 Å². The molecule has 1 fully saturated rings. The van der Waals surface area contributed by atoms with E-state index in [0.29, 0.717) is 5.69 Å². The lowest BCUT2D eigenvalue weighted by molar-refractivity contribution is -0.384. The molecule has 0 aromatic heterocycles. The number of nitrogens with zero attached hydrogens (tertiary/aromatic N) is 1. The van der Waals surface area contributed by atoms with Crippen LogP contribution in [0, 0.1) is 16.0 Å². The molecule has 0 spiro atoms. The summed E-state index contributed by atoms with van der Waals surface area (Å²) in [6, 6.07) is 4.09. The lowest BCUT2D eigenvalue weighted by Gasteiger charge is -2.20. The third-order valence-corrected chi connectivity index (χ3v) is 4.00. The van der Waals surface area contributed by atoms with Crippen LogP contribution in [0.5, 0.6) is 0 Å². The van der Waals surface area contributed by atoms with Crippen LogP contribution in [0.2, 0.25) is 0 Å². The van der Waals surface area contributed by atoms with E-state index in [0.717, 1.165) is 32.1 Å². The number of hydrogen-bond donors (Lipinski definition) is 3. The molecule has 2 rings (SSSR count). The zero-order valence-corrected chi connectivity index (χ0v) is 12.9. The Hall–Kier alpha value is -2.64. The Morgan fingerprint density at radius 1 is 1.17 bits per heavy atom. The topological polar surface area (TPSA) is 113 Å². The Balaban J connectivity index is 1.99. The van der Waals surface area contributed by atoms with Gasteiger partial charge in [-0.2, -0.15) is 0 Å². The molecule has 0 atom stereocenters. The highest BCUT2D eigenvalue weighted by molar-refractivity contribution is 5.96. The Morgan fingerprint density at radius 2 is 1.87 bits per heavy atom. The average molecular weight is 320 g/mol. The molecule has 1 aromatic rings. The predicted octanol–water partition coefficient (Wildman–Crippen LogP) is 1.98. The average Bonchev–Trinajstić information content (AvgIpc) is 2.59. The summed E-state index contributed by atoms with van der Waals surface area (Å²) in [6.45, 7) is 0. The highest BCUT2D eigenvalue weighted by atomic mass is 16.6. The molecule has 1 aliphatic rings. The second-order valence-electron chi connectivity index (χ2n) is 5.52. The fraction of sp³-hybridized carbons (Fsp3) is 0.467. The van der Waals surface area contributed by atoms with Gasteiger partial charge in [0.1, 0.15) is 5.69 Å². The fourth-order valence-electron chi connectivity index (χ4n) is 2.69. The summed E-state index contributed by atoms with van der Waals surface area (Å²) in [4.78, 5) is 34.4. The van der Waals surface area contributed by atoms with Crippen molar-refractivity contribution in [2.45, 2.75) is 32.1 Å². The molecule has 8 heteroatoms. The van der Waals surface area contributed by atoms with Crippen molar-refractivity contribution in [2.24, 2.45) is 5.92 Å². The van der Waals surface area contributed by atoms with Gasteiger partial charge in [-0.15, -0.1) is 0 Å². The number of nitro groups is 1. The largest absolute Gasteiger partial charge is 0.383 e. The van der Waals surface area contributed by atoms with Gasteiger partial charge in [0.15, 0.2) is 0 Å². The zero-order chi connectivity index (χ0) is 16.8. The second kappa shape index (κ2) is 7.57. The minimum atomic E-state index is -0.583. The molecule has 1 aromatic carbocycles. The van der Waals surface area contributed by atoms with Gasteiger partial charge in [-0.05, 0) is 25.0 Å². The molecule has 0 bridgehead atoms. The van der Waals surface area contributed by atoms with E-state index in [9.17, 15) is 19.7 Å². The van der Waals surface area contributed by atoms with E-state index in [1.807, 2.05) is 0 Å². The molecule has 1 aliphatic carbocycles. The quantitative estimate of drug-likeness (QED) is 0.580. The van der Waals surface area contributed by atoms with Crippen molar-refractivity contribution in [1.82, 2.24) is 10.9 Å². The van der Waals surface area contributed by atoms with Crippen LogP contribution in [-0.4, -0.2) is 23.8 Å². The van der Waals surface area contributed by atoms with E-state index in [2.05, 4.69) is 16.2 Å². The Morgan fingerprint density at radius 3 is 2.48 bits per heavy atom. The Labute approximate surface area is 133 Å². The van der Waals surface area contributed by atoms with Crippen molar-refractivity contribution in [1.29, 1.82) is 0 Å². The molecule has 23 heavy (non-hydrogen) atoms. The highest BCUT2D eigenvalue weighted by Crippen LogP contribution is 2.25. The van der Waals surface area contributed by atoms with Gasteiger partial charge in [-0.1, -0.05) is 19.3 Å². The summed E-state index contributed by atoms with van der Waals surface area (Å²) in [6.07, 6.45) is 4.82. The van der Waals surface area contributed by atoms with Crippen LogP contribution in [0.4, 0.5) is 11.4 Å². The highest BCUT2D eigenvalue weighted by Gasteiger charge is 2.22. The van der Waals surface area contributed by atoms with Gasteiger partial charge in [-0.3, -0.25) is 30.6 Å². The molecular weight excluding hydrogens is 300 g/mol. The van der Waals surface area contributed by atoms with E-state index in [1.165, 1.54) is 18.2 Å². The molecular formula is C15H20N4O4. The number of rotatable bonds is 4. The normalized spacial score (nSPS) is 14.8. The molecule has 0 heterocycles. The SMILES string of the molecule is CNc1ccc(C(=O)NNC(=O)C2CCCCC2)cc1[N+](=O)[O-]. The van der Waals surface area contributed by atoms with Gasteiger partial charge >= 0.3 is 0 Å². The van der Waals surface area contributed by atoms with Crippen LogP contribution < -0.4 is 16.2 Å². The maximum Gasteiger partial charge on any atom is 0.293 e. The van der Waals surface area contributed by atoms with Gasteiger partial charge in [0.25, 0.3) is 11.6 Å². The number of amides is 2. The minimum Gasteiger partial charge on any atom is -0.383 e. The number of nitro benzene ring substituents is 1. The van der Waals surface area contributed by atoms with Crippen LogP contribution in [0.15, 0.2) is 18.2 Å². The molecule has 8 nitrogen and oxygen atoms in total. The Bertz CT molecular complexity index is 611. The Kier molecular flexibility index (Phi) is 5.51. The molecule has 0 saturated heterocycles. The van der Waals surface area contributed by atoms with Gasteiger partial charge in [0.2, 0.25) is 5.91 Å². The predicted molar refractivity (Wildman–Crippen MR) is 84.8 cm³/mol. The number of nitrogens with one attached hydrogen (secondary N) is 3. The molecule has 0 unspecified atom stereocenters. The van der Waals surface area contributed by atoms with Crippen LogP contribution in [0.1, 0.15) is 42.5 Å². The summed E-state index contributed by atoms with van der Waals surface area (Å²) in [7, 11) is 1.56. The lowest BCUT2D eigenvalue weighted by atomic mass is 9.89. The third-order valence-electron chi connectivity index (χ3n) is 4.00. The summed E-state index contributed by atoms with van der Waals surface area (Å²) < 4.78 is 0. The third kappa shape index (κ3) is 4.18. The van der Waals surface area contributed by atoms with Crippen molar-refractivity contribution in [2.75, 3.05) is 12.4 Å². The first-order valence-corrected chi connectivity index (χ1v) is 7.59. The van der Waals surface area contributed by atoms with E-state index in [4.69, 9.17) is 0 Å². The molecule has 0 radical (unpaired) electrons. The van der Waals surface area contributed by atoms with E-state index < -0.39 is 10.8 Å². The first-order valence-electron chi connectivity index (χ1n) is 7.59. The smallest absolute Gasteiger partial charge is 0.293 e. The molecule has 124 valence electrons. The number of carbonyl (C=O) groups is 2. The van der Waals surface area contributed by atoms with Crippen LogP contribution >= 0.6 is 0 Å². The van der Waals surface area contributed by atoms with Crippen molar-refractivity contribution in [3.05, 3.63) is 33.9 Å². The van der Waals surface area contributed by atoms with E-state index in [-0.39, 0.29) is 23.1 Å². The summed E-state index contributed by atoms with van der Waals surface area (Å²) in [5.41, 5.74) is 4.95. The number of carbonyl (C=O) groups excluding carboxylic acids is 2. The van der Waals surface area contributed by atoms with Crippen LogP contribution in [0.3, 0.4) is 0 Å². The summed E-state index contributed by atoms with van der Waals surface area (Å²) in [5.74, 6) is -0.871. The number of hydrogen-bond acceptors (Lipinski definition) is 5. The van der Waals surface area contributed by atoms with E-state index in [1.54, 1.807) is 7.05 Å². The van der Waals surface area contributed by atoms with Crippen molar-refractivity contribution in [3.8, 4) is 0 Å². The van der Waals surface area contributed by atoms with Crippen molar-refractivity contribution in [3.63, 3.8) is 0 Å². The second-order valence-corrected chi connectivity index (χ2v) is 5.52. The van der Waals surface area contributed by atoms with Gasteiger partial charge < -0.3 is 5.32 Å². The minimum absolute atomic E-state index is 0.0787. The first kappa shape index (κ1) is 16.7. The van der Waals surface area contributed by atoms with Crippen molar-refractivity contribution >= 4 is 23.2 Å². The van der Waals surface area contributed by atoms with Crippen LogP contribution in [-0.2, 0) is 4.79 Å². The summed E-state index contributed by atoms with van der Waals surface area (Å²) in [5, 5.41) is 13.7. The maximum atomic E-state index is 12.0. The number of benzene rings is 1. The summed E-state index contributed by atoms with van der Waals surface area (Å²) >= 11 is 0. The molecule has 1 saturated carbocycles. The number of hydrazine groups is 1. The maximum absolute atomic E-state index is 12.0. The number of anilines is 1. The van der Waals surface area contributed by atoms with E-state index >= 15 is 0 Å². The van der Waals surface area contributed by atoms with Crippen molar-refractivity contribution < 1.29 is 14.5 Å².